The van der Waals surface area contributed by atoms with Crippen LogP contribution in [0.15, 0.2) is 21.5 Å². The Bertz CT molecular complexity index is 656. The van der Waals surface area contributed by atoms with Crippen LogP contribution in [-0.4, -0.2) is 27.0 Å². The molecule has 1 fully saturated rings. The maximum absolute atomic E-state index is 11.6. The number of hydrogen-bond acceptors (Lipinski definition) is 4. The molecule has 0 spiro atoms. The van der Waals surface area contributed by atoms with Gasteiger partial charge < -0.3 is 10.1 Å². The van der Waals surface area contributed by atoms with Gasteiger partial charge in [0.05, 0.1) is 13.0 Å². The molecule has 0 heterocycles. The lowest BCUT2D eigenvalue weighted by Gasteiger charge is -2.13. The number of amides is 1. The van der Waals surface area contributed by atoms with Crippen molar-refractivity contribution in [3.63, 3.8) is 0 Å². The summed E-state index contributed by atoms with van der Waals surface area (Å²) < 4.78 is 29.3. The van der Waals surface area contributed by atoms with E-state index >= 15 is 0 Å². The lowest BCUT2D eigenvalue weighted by atomic mass is 10.2. The highest BCUT2D eigenvalue weighted by Crippen LogP contribution is 2.31. The van der Waals surface area contributed by atoms with E-state index in [1.54, 1.807) is 13.0 Å². The number of sulfonamides is 1. The third-order valence-electron chi connectivity index (χ3n) is 3.03. The number of nitrogens with two attached hydrogens (primary N) is 1. The van der Waals surface area contributed by atoms with Crippen LogP contribution >= 0.6 is 15.9 Å². The highest BCUT2D eigenvalue weighted by molar-refractivity contribution is 9.10. The van der Waals surface area contributed by atoms with E-state index in [0.29, 0.717) is 16.1 Å². The molecule has 0 radical (unpaired) electrons. The van der Waals surface area contributed by atoms with Crippen molar-refractivity contribution in [3.8, 4) is 5.75 Å². The molecular formula is C13H17BrN2O4S. The fourth-order valence-electron chi connectivity index (χ4n) is 1.87. The number of hydrogen-bond donors (Lipinski definition) is 2. The highest BCUT2D eigenvalue weighted by Gasteiger charge is 2.23. The minimum absolute atomic E-state index is 0.0861. The van der Waals surface area contributed by atoms with Crippen molar-refractivity contribution >= 4 is 31.9 Å². The maximum Gasteiger partial charge on any atom is 0.241 e. The summed E-state index contributed by atoms with van der Waals surface area (Å²) in [5.41, 5.74) is 0.635. The van der Waals surface area contributed by atoms with Crippen LogP contribution in [0.5, 0.6) is 5.75 Å². The van der Waals surface area contributed by atoms with Gasteiger partial charge in [-0.15, -0.1) is 0 Å². The van der Waals surface area contributed by atoms with Crippen LogP contribution in [0.1, 0.15) is 24.8 Å². The predicted octanol–water partition coefficient (Wildman–Crippen LogP) is 1.45. The third-order valence-corrected chi connectivity index (χ3v) is 4.40. The van der Waals surface area contributed by atoms with Gasteiger partial charge in [0.15, 0.2) is 0 Å². The Morgan fingerprint density at radius 2 is 2.14 bits per heavy atom. The lowest BCUT2D eigenvalue weighted by molar-refractivity contribution is -0.121. The predicted molar refractivity (Wildman–Crippen MR) is 81.5 cm³/mol. The van der Waals surface area contributed by atoms with Gasteiger partial charge >= 0.3 is 0 Å². The monoisotopic (exact) mass is 376 g/mol. The van der Waals surface area contributed by atoms with Crippen molar-refractivity contribution in [2.75, 3.05) is 6.61 Å². The standard InChI is InChI=1S/C13H17BrN2O4S/c1-8-6-9(14)7-11(21(15,18)19)13(8)20-5-4-12(17)16-10-2-3-10/h6-7,10H,2-5H2,1H3,(H,16,17)(H2,15,18,19). The van der Waals surface area contributed by atoms with Gasteiger partial charge in [0.2, 0.25) is 15.9 Å². The van der Waals surface area contributed by atoms with Crippen molar-refractivity contribution < 1.29 is 17.9 Å². The number of aryl methyl sites for hydroxylation is 1. The van der Waals surface area contributed by atoms with E-state index in [4.69, 9.17) is 9.88 Å². The van der Waals surface area contributed by atoms with Crippen LogP contribution in [0, 0.1) is 6.92 Å². The molecule has 1 aliphatic rings. The summed E-state index contributed by atoms with van der Waals surface area (Å²) in [6.45, 7) is 1.82. The van der Waals surface area contributed by atoms with Gasteiger partial charge in [-0.2, -0.15) is 0 Å². The van der Waals surface area contributed by atoms with Crippen LogP contribution < -0.4 is 15.2 Å². The second-order valence-electron chi connectivity index (χ2n) is 5.04. The summed E-state index contributed by atoms with van der Waals surface area (Å²) in [4.78, 5) is 11.5. The first kappa shape index (κ1) is 16.3. The van der Waals surface area contributed by atoms with E-state index in [-0.39, 0.29) is 29.6 Å². The minimum Gasteiger partial charge on any atom is -0.491 e. The first-order valence-electron chi connectivity index (χ1n) is 6.52. The van der Waals surface area contributed by atoms with E-state index in [9.17, 15) is 13.2 Å². The Kier molecular flexibility index (Phi) is 4.90. The van der Waals surface area contributed by atoms with E-state index in [2.05, 4.69) is 21.2 Å². The van der Waals surface area contributed by atoms with Gasteiger partial charge in [0.25, 0.3) is 0 Å². The van der Waals surface area contributed by atoms with Crippen molar-refractivity contribution in [2.45, 2.75) is 37.1 Å². The van der Waals surface area contributed by atoms with Crippen LogP contribution in [0.25, 0.3) is 0 Å². The molecule has 1 aliphatic carbocycles. The molecule has 0 saturated heterocycles. The van der Waals surface area contributed by atoms with Gasteiger partial charge in [-0.25, -0.2) is 13.6 Å². The normalized spacial score (nSPS) is 14.8. The molecule has 21 heavy (non-hydrogen) atoms. The third kappa shape index (κ3) is 4.69. The second-order valence-corrected chi connectivity index (χ2v) is 7.48. The topological polar surface area (TPSA) is 98.5 Å². The zero-order valence-corrected chi connectivity index (χ0v) is 14.0. The summed E-state index contributed by atoms with van der Waals surface area (Å²) in [6.07, 6.45) is 2.22. The lowest BCUT2D eigenvalue weighted by Crippen LogP contribution is -2.27. The number of rotatable bonds is 6. The fourth-order valence-corrected chi connectivity index (χ4v) is 3.36. The van der Waals surface area contributed by atoms with Crippen LogP contribution in [-0.2, 0) is 14.8 Å². The quantitative estimate of drug-likeness (QED) is 0.784. The molecule has 1 amide bonds. The van der Waals surface area contributed by atoms with Gasteiger partial charge in [0, 0.05) is 10.5 Å². The molecule has 0 unspecified atom stereocenters. The average Bonchev–Trinajstić information content (AvgIpc) is 3.13. The Hall–Kier alpha value is -1.12. The van der Waals surface area contributed by atoms with Gasteiger partial charge in [-0.05, 0) is 37.5 Å². The van der Waals surface area contributed by atoms with E-state index < -0.39 is 10.0 Å². The largest absolute Gasteiger partial charge is 0.491 e. The molecule has 1 saturated carbocycles. The van der Waals surface area contributed by atoms with E-state index in [1.165, 1.54) is 6.07 Å². The molecule has 0 aromatic heterocycles. The van der Waals surface area contributed by atoms with Gasteiger partial charge in [0.1, 0.15) is 10.6 Å². The first-order chi connectivity index (χ1) is 9.77. The molecule has 1 aromatic carbocycles. The summed E-state index contributed by atoms with van der Waals surface area (Å²) >= 11 is 3.23. The molecule has 8 heteroatoms. The Morgan fingerprint density at radius 1 is 1.48 bits per heavy atom. The molecule has 1 aromatic rings. The Labute approximate surface area is 132 Å². The zero-order valence-electron chi connectivity index (χ0n) is 11.6. The highest BCUT2D eigenvalue weighted by atomic mass is 79.9. The molecule has 6 nitrogen and oxygen atoms in total. The minimum atomic E-state index is -3.89. The number of ether oxygens (including phenoxy) is 1. The SMILES string of the molecule is Cc1cc(Br)cc(S(N)(=O)=O)c1OCCC(=O)NC1CC1. The summed E-state index contributed by atoms with van der Waals surface area (Å²) in [5.74, 6) is 0.101. The van der Waals surface area contributed by atoms with E-state index in [0.717, 1.165) is 12.8 Å². The molecule has 3 N–H and O–H groups in total. The van der Waals surface area contributed by atoms with Gasteiger partial charge in [-0.3, -0.25) is 4.79 Å². The summed E-state index contributed by atoms with van der Waals surface area (Å²) in [7, 11) is -3.89. The van der Waals surface area contributed by atoms with Gasteiger partial charge in [-0.1, -0.05) is 15.9 Å². The molecule has 116 valence electrons. The second kappa shape index (κ2) is 6.33. The van der Waals surface area contributed by atoms with Crippen molar-refractivity contribution in [2.24, 2.45) is 5.14 Å². The smallest absolute Gasteiger partial charge is 0.241 e. The number of carbonyl (C=O) groups is 1. The van der Waals surface area contributed by atoms with Crippen LogP contribution in [0.4, 0.5) is 0 Å². The Balaban J connectivity index is 2.06. The number of primary sulfonamides is 1. The number of carbonyl (C=O) groups excluding carboxylic acids is 1. The fraction of sp³-hybridized carbons (Fsp3) is 0.462. The first-order valence-corrected chi connectivity index (χ1v) is 8.86. The number of benzene rings is 1. The van der Waals surface area contributed by atoms with Crippen molar-refractivity contribution in [1.82, 2.24) is 5.32 Å². The number of halogens is 1. The summed E-state index contributed by atoms with van der Waals surface area (Å²) in [5, 5.41) is 8.03. The molecule has 0 bridgehead atoms. The van der Waals surface area contributed by atoms with Crippen LogP contribution in [0.2, 0.25) is 0 Å². The molecule has 0 atom stereocenters. The summed E-state index contributed by atoms with van der Waals surface area (Å²) in [6, 6.07) is 3.42. The molecular weight excluding hydrogens is 360 g/mol. The zero-order chi connectivity index (χ0) is 15.6. The van der Waals surface area contributed by atoms with Crippen LogP contribution in [0.3, 0.4) is 0 Å². The van der Waals surface area contributed by atoms with Crippen molar-refractivity contribution in [1.29, 1.82) is 0 Å². The number of nitrogens with one attached hydrogen (secondary N) is 1. The van der Waals surface area contributed by atoms with E-state index in [1.807, 2.05) is 0 Å². The Morgan fingerprint density at radius 3 is 2.71 bits per heavy atom. The van der Waals surface area contributed by atoms with Crippen molar-refractivity contribution in [3.05, 3.63) is 22.2 Å². The molecule has 2 rings (SSSR count). The maximum atomic E-state index is 11.6. The average molecular weight is 377 g/mol. The molecule has 0 aliphatic heterocycles.